The van der Waals surface area contributed by atoms with Gasteiger partial charge in [0.05, 0.1) is 11.1 Å². The number of aryl methyl sites for hydroxylation is 1. The van der Waals surface area contributed by atoms with E-state index >= 15 is 0 Å². The fourth-order valence-corrected chi connectivity index (χ4v) is 3.41. The summed E-state index contributed by atoms with van der Waals surface area (Å²) in [4.78, 5) is 13.5. The van der Waals surface area contributed by atoms with Crippen LogP contribution in [0.25, 0.3) is 10.8 Å². The Morgan fingerprint density at radius 2 is 1.81 bits per heavy atom. The van der Waals surface area contributed by atoms with Crippen molar-refractivity contribution in [2.24, 2.45) is 0 Å². The van der Waals surface area contributed by atoms with Crippen molar-refractivity contribution in [1.29, 1.82) is 0 Å². The highest BCUT2D eigenvalue weighted by molar-refractivity contribution is 7.90. The highest BCUT2D eigenvalue weighted by Gasteiger charge is 2.20. The lowest BCUT2D eigenvalue weighted by atomic mass is 10.1. The quantitative estimate of drug-likeness (QED) is 0.752. The van der Waals surface area contributed by atoms with E-state index in [1.807, 2.05) is 30.1 Å². The van der Waals surface area contributed by atoms with E-state index in [4.69, 9.17) is 0 Å². The maximum atomic E-state index is 12.4. The lowest BCUT2D eigenvalue weighted by Gasteiger charge is -2.06. The third-order valence-corrected chi connectivity index (χ3v) is 4.84. The van der Waals surface area contributed by atoms with Gasteiger partial charge < -0.3 is 5.11 Å². The van der Waals surface area contributed by atoms with Gasteiger partial charge in [0.2, 0.25) is 5.88 Å². The second-order valence-electron chi connectivity index (χ2n) is 4.76. The van der Waals surface area contributed by atoms with Crippen LogP contribution in [0.2, 0.25) is 0 Å². The van der Waals surface area contributed by atoms with Crippen molar-refractivity contribution >= 4 is 20.8 Å². The molecule has 1 heterocycles. The number of hydrogen-bond donors (Lipinski definition) is 2. The number of H-pyrrole nitrogens is 1. The van der Waals surface area contributed by atoms with Gasteiger partial charge in [-0.3, -0.25) is 4.98 Å². The Kier molecular flexibility index (Phi) is 2.87. The maximum absolute atomic E-state index is 12.4. The third-order valence-electron chi connectivity index (χ3n) is 3.20. The number of aromatic amines is 1. The van der Waals surface area contributed by atoms with Gasteiger partial charge in [0, 0.05) is 0 Å². The number of imidazole rings is 1. The van der Waals surface area contributed by atoms with Crippen LogP contribution in [-0.2, 0) is 10.0 Å². The Morgan fingerprint density at radius 1 is 1.10 bits per heavy atom. The van der Waals surface area contributed by atoms with Crippen molar-refractivity contribution in [3.05, 3.63) is 58.6 Å². The van der Waals surface area contributed by atoms with E-state index in [0.717, 1.165) is 22.5 Å². The summed E-state index contributed by atoms with van der Waals surface area (Å²) in [5.74, 6) is -0.500. The highest BCUT2D eigenvalue weighted by atomic mass is 32.2. The first kappa shape index (κ1) is 13.4. The Hall–Kier alpha value is -2.54. The van der Waals surface area contributed by atoms with Gasteiger partial charge in [0.25, 0.3) is 10.0 Å². The van der Waals surface area contributed by atoms with Crippen LogP contribution in [0.1, 0.15) is 5.56 Å². The average Bonchev–Trinajstić information content (AvgIpc) is 2.77. The number of aromatic hydroxyl groups is 1. The van der Waals surface area contributed by atoms with E-state index < -0.39 is 21.6 Å². The number of rotatable bonds is 2. The van der Waals surface area contributed by atoms with Crippen molar-refractivity contribution in [1.82, 2.24) is 8.96 Å². The molecule has 1 aromatic heterocycles. The summed E-state index contributed by atoms with van der Waals surface area (Å²) in [6, 6.07) is 10.3. The minimum Gasteiger partial charge on any atom is -0.493 e. The zero-order valence-corrected chi connectivity index (χ0v) is 11.9. The van der Waals surface area contributed by atoms with Gasteiger partial charge in [0.1, 0.15) is 0 Å². The number of hydrogen-bond acceptors (Lipinski definition) is 4. The number of aromatic nitrogens is 2. The predicted octanol–water partition coefficient (Wildman–Crippen LogP) is 1.58. The predicted molar refractivity (Wildman–Crippen MR) is 78.0 cm³/mol. The monoisotopic (exact) mass is 304 g/mol. The van der Waals surface area contributed by atoms with E-state index in [2.05, 4.69) is 0 Å². The SMILES string of the molecule is Cc1ccc2ccc(S(=O)(=O)n3cc(O)[nH]c3=O)cc2c1. The van der Waals surface area contributed by atoms with Crippen LogP contribution in [0.15, 0.2) is 52.3 Å². The van der Waals surface area contributed by atoms with Crippen molar-refractivity contribution in [2.75, 3.05) is 0 Å². The molecule has 0 amide bonds. The third kappa shape index (κ3) is 2.21. The largest absolute Gasteiger partial charge is 0.493 e. The molecule has 0 unspecified atom stereocenters. The first-order chi connectivity index (χ1) is 9.88. The zero-order valence-electron chi connectivity index (χ0n) is 11.1. The fourth-order valence-electron chi connectivity index (χ4n) is 2.16. The molecule has 3 rings (SSSR count). The average molecular weight is 304 g/mol. The first-order valence-corrected chi connectivity index (χ1v) is 7.58. The van der Waals surface area contributed by atoms with Gasteiger partial charge in [-0.25, -0.2) is 13.2 Å². The molecule has 3 aromatic rings. The topological polar surface area (TPSA) is 92.2 Å². The molecule has 108 valence electrons. The van der Waals surface area contributed by atoms with Crippen LogP contribution in [0, 0.1) is 6.92 Å². The second kappa shape index (κ2) is 4.49. The molecule has 7 heteroatoms. The smallest absolute Gasteiger partial charge is 0.342 e. The van der Waals surface area contributed by atoms with Crippen LogP contribution in [0.5, 0.6) is 5.88 Å². The van der Waals surface area contributed by atoms with E-state index in [-0.39, 0.29) is 4.90 Å². The minimum absolute atomic E-state index is 0.0123. The first-order valence-electron chi connectivity index (χ1n) is 6.14. The van der Waals surface area contributed by atoms with E-state index in [0.29, 0.717) is 3.97 Å². The summed E-state index contributed by atoms with van der Waals surface area (Å²) < 4.78 is 25.3. The molecule has 0 saturated heterocycles. The number of nitrogens with one attached hydrogen (secondary N) is 1. The van der Waals surface area contributed by atoms with Crippen molar-refractivity contribution in [2.45, 2.75) is 11.8 Å². The molecular weight excluding hydrogens is 292 g/mol. The number of fused-ring (bicyclic) bond motifs is 1. The number of nitrogens with zero attached hydrogens (tertiary/aromatic N) is 1. The summed E-state index contributed by atoms with van der Waals surface area (Å²) in [6.45, 7) is 1.91. The van der Waals surface area contributed by atoms with Crippen LogP contribution >= 0.6 is 0 Å². The molecule has 2 N–H and O–H groups in total. The summed E-state index contributed by atoms with van der Waals surface area (Å²) in [7, 11) is -4.04. The summed E-state index contributed by atoms with van der Waals surface area (Å²) >= 11 is 0. The molecule has 0 radical (unpaired) electrons. The molecule has 0 aliphatic rings. The van der Waals surface area contributed by atoms with E-state index in [1.54, 1.807) is 6.07 Å². The van der Waals surface area contributed by atoms with Crippen LogP contribution in [0.3, 0.4) is 0 Å². The second-order valence-corrected chi connectivity index (χ2v) is 6.57. The molecule has 0 spiro atoms. The Labute approximate surface area is 120 Å². The van der Waals surface area contributed by atoms with Gasteiger partial charge in [-0.2, -0.15) is 3.97 Å². The van der Waals surface area contributed by atoms with Gasteiger partial charge >= 0.3 is 5.69 Å². The Balaban J connectivity index is 2.24. The standard InChI is InChI=1S/C14H12N2O4S/c1-9-2-3-10-4-5-12(7-11(10)6-9)21(19,20)16-8-13(17)15-14(16)18/h2-8,17H,1H3,(H,15,18). The van der Waals surface area contributed by atoms with E-state index in [9.17, 15) is 18.3 Å². The molecule has 0 saturated carbocycles. The molecule has 0 atom stereocenters. The molecule has 2 aromatic carbocycles. The number of benzene rings is 2. The highest BCUT2D eigenvalue weighted by Crippen LogP contribution is 2.22. The summed E-state index contributed by atoms with van der Waals surface area (Å²) in [5, 5.41) is 10.9. The Bertz CT molecular complexity index is 999. The molecule has 21 heavy (non-hydrogen) atoms. The van der Waals surface area contributed by atoms with Crippen molar-refractivity contribution < 1.29 is 13.5 Å². The zero-order chi connectivity index (χ0) is 15.2. The van der Waals surface area contributed by atoms with E-state index in [1.165, 1.54) is 12.1 Å². The molecular formula is C14H12N2O4S. The molecule has 0 aliphatic carbocycles. The van der Waals surface area contributed by atoms with Crippen LogP contribution in [-0.4, -0.2) is 22.5 Å². The molecule has 0 fully saturated rings. The van der Waals surface area contributed by atoms with Gasteiger partial charge in [0.15, 0.2) is 0 Å². The maximum Gasteiger partial charge on any atom is 0.342 e. The van der Waals surface area contributed by atoms with Gasteiger partial charge in [-0.1, -0.05) is 29.8 Å². The van der Waals surface area contributed by atoms with Gasteiger partial charge in [-0.15, -0.1) is 0 Å². The molecule has 0 bridgehead atoms. The fraction of sp³-hybridized carbons (Fsp3) is 0.0714. The summed E-state index contributed by atoms with van der Waals surface area (Å²) in [5.41, 5.74) is 0.102. The van der Waals surface area contributed by atoms with Crippen LogP contribution < -0.4 is 5.69 Å². The van der Waals surface area contributed by atoms with Crippen LogP contribution in [0.4, 0.5) is 0 Å². The van der Waals surface area contributed by atoms with Gasteiger partial charge in [-0.05, 0) is 29.8 Å². The lowest BCUT2D eigenvalue weighted by molar-refractivity contribution is 0.455. The lowest BCUT2D eigenvalue weighted by Crippen LogP contribution is -2.24. The van der Waals surface area contributed by atoms with Crippen molar-refractivity contribution in [3.8, 4) is 5.88 Å². The molecule has 0 aliphatic heterocycles. The minimum atomic E-state index is -4.04. The summed E-state index contributed by atoms with van der Waals surface area (Å²) in [6.07, 6.45) is 0.845. The normalized spacial score (nSPS) is 11.9. The Morgan fingerprint density at radius 3 is 2.48 bits per heavy atom. The molecule has 6 nitrogen and oxygen atoms in total. The van der Waals surface area contributed by atoms with Crippen molar-refractivity contribution in [3.63, 3.8) is 0 Å².